The van der Waals surface area contributed by atoms with Crippen molar-refractivity contribution in [3.8, 4) is 16.9 Å². The number of nitrogens with zero attached hydrogens (tertiary/aromatic N) is 5. The van der Waals surface area contributed by atoms with Gasteiger partial charge in [0.05, 0.1) is 24.7 Å². The number of alkyl halides is 4. The van der Waals surface area contributed by atoms with Gasteiger partial charge in [-0.1, -0.05) is 45.0 Å². The second kappa shape index (κ2) is 17.3. The summed E-state index contributed by atoms with van der Waals surface area (Å²) in [6, 6.07) is 17.9. The molecule has 6 rings (SSSR count). The van der Waals surface area contributed by atoms with Gasteiger partial charge in [-0.2, -0.15) is 18.2 Å². The zero-order chi connectivity index (χ0) is 43.5. The summed E-state index contributed by atoms with van der Waals surface area (Å²) >= 11 is 0. The minimum absolute atomic E-state index is 0.151. The van der Waals surface area contributed by atoms with Crippen LogP contribution in [0.2, 0.25) is 0 Å². The normalized spacial score (nSPS) is 14.2. The summed E-state index contributed by atoms with van der Waals surface area (Å²) < 4.78 is 84.0. The molecule has 316 valence electrons. The van der Waals surface area contributed by atoms with E-state index in [2.05, 4.69) is 15.4 Å². The van der Waals surface area contributed by atoms with Gasteiger partial charge in [0.2, 0.25) is 12.7 Å². The first-order valence-electron chi connectivity index (χ1n) is 18.5. The second-order valence-corrected chi connectivity index (χ2v) is 15.0. The number of hydrogen-bond acceptors (Lipinski definition) is 10. The Morgan fingerprint density at radius 1 is 0.933 bits per heavy atom. The van der Waals surface area contributed by atoms with Crippen molar-refractivity contribution in [3.63, 3.8) is 0 Å². The summed E-state index contributed by atoms with van der Waals surface area (Å²) in [5.74, 6) is -3.87. The molecule has 19 heteroatoms. The molecule has 1 aliphatic rings. The smallest absolute Gasteiger partial charge is 0.424 e. The van der Waals surface area contributed by atoms with Crippen LogP contribution in [0, 0.1) is 11.2 Å². The molecule has 1 fully saturated rings. The van der Waals surface area contributed by atoms with E-state index in [-0.39, 0.29) is 35.9 Å². The molecule has 0 aliphatic carbocycles. The molecule has 2 aromatic heterocycles. The summed E-state index contributed by atoms with van der Waals surface area (Å²) in [4.78, 5) is 58.6. The van der Waals surface area contributed by atoms with E-state index in [0.717, 1.165) is 17.0 Å². The Bertz CT molecular complexity index is 2380. The third-order valence-corrected chi connectivity index (χ3v) is 9.49. The van der Waals surface area contributed by atoms with E-state index in [1.165, 1.54) is 41.0 Å². The van der Waals surface area contributed by atoms with Crippen LogP contribution in [0.1, 0.15) is 49.5 Å². The molecule has 0 unspecified atom stereocenters. The Morgan fingerprint density at radius 3 is 2.25 bits per heavy atom. The van der Waals surface area contributed by atoms with Crippen molar-refractivity contribution < 1.29 is 55.3 Å². The van der Waals surface area contributed by atoms with Crippen LogP contribution in [-0.2, 0) is 19.1 Å². The number of fused-ring (bicyclic) bond motifs is 1. The number of carbonyl (C=O) groups is 4. The number of benzene rings is 3. The number of carbonyl (C=O) groups excluding carboxylic acids is 4. The summed E-state index contributed by atoms with van der Waals surface area (Å²) in [7, 11) is 0. The highest BCUT2D eigenvalue weighted by Gasteiger charge is 2.35. The third-order valence-electron chi connectivity index (χ3n) is 9.49. The summed E-state index contributed by atoms with van der Waals surface area (Å²) in [6.07, 6.45) is -5.89. The molecule has 1 saturated heterocycles. The number of aromatic nitrogens is 3. The van der Waals surface area contributed by atoms with E-state index in [1.54, 1.807) is 64.1 Å². The predicted molar refractivity (Wildman–Crippen MR) is 208 cm³/mol. The Morgan fingerprint density at radius 2 is 1.62 bits per heavy atom. The number of ether oxygens (including phenoxy) is 3. The molecule has 0 saturated carbocycles. The van der Waals surface area contributed by atoms with Gasteiger partial charge in [0, 0.05) is 17.4 Å². The monoisotopic (exact) mass is 837 g/mol. The highest BCUT2D eigenvalue weighted by molar-refractivity contribution is 6.00. The topological polar surface area (TPSA) is 171 Å². The van der Waals surface area contributed by atoms with Crippen LogP contribution in [0.4, 0.5) is 44.1 Å². The van der Waals surface area contributed by atoms with E-state index in [4.69, 9.17) is 19.9 Å². The van der Waals surface area contributed by atoms with Crippen molar-refractivity contribution in [2.45, 2.75) is 52.0 Å². The lowest BCUT2D eigenvalue weighted by molar-refractivity contribution is -0.156. The number of rotatable bonds is 12. The molecule has 14 nitrogen and oxygen atoms in total. The summed E-state index contributed by atoms with van der Waals surface area (Å²) in [5, 5.41) is 7.18. The number of hydrogen-bond donors (Lipinski definition) is 2. The van der Waals surface area contributed by atoms with Gasteiger partial charge < -0.3 is 30.2 Å². The van der Waals surface area contributed by atoms with Crippen molar-refractivity contribution in [1.82, 2.24) is 19.5 Å². The lowest BCUT2D eigenvalue weighted by atomic mass is 9.87. The number of nitrogens with two attached hydrogens (primary N) is 1. The van der Waals surface area contributed by atoms with E-state index in [1.807, 2.05) is 0 Å². The third kappa shape index (κ3) is 10.1. The standard InChI is InChI=1S/C41H40F5N7O7/c1-23(24-5-10-28(42)11-6-24)35(54)48-30-12-7-25(8-13-30)26-15-16-52-33(18-26)49-38(50-52)53(39(57)60-22-59-37(56)34(47)40(2,3)4)31-14-9-27(36(55)51-19-29(43)20-51)17-32(31)58-21-41(44,45)46/h5-18,23,29,34H,19-22,47H2,1-4H3,(H,48,54)/t23-,34-/m1/s1. The van der Waals surface area contributed by atoms with Crippen LogP contribution in [0.25, 0.3) is 16.8 Å². The van der Waals surface area contributed by atoms with Crippen LogP contribution in [0.5, 0.6) is 5.75 Å². The lowest BCUT2D eigenvalue weighted by Crippen LogP contribution is -2.51. The fraction of sp³-hybridized carbons (Fsp3) is 0.317. The molecule has 2 atom stereocenters. The Hall–Kier alpha value is -6.63. The first-order chi connectivity index (χ1) is 28.3. The molecular weight excluding hydrogens is 797 g/mol. The molecule has 5 aromatic rings. The van der Waals surface area contributed by atoms with Crippen LogP contribution >= 0.6 is 0 Å². The Kier molecular flexibility index (Phi) is 12.4. The van der Waals surface area contributed by atoms with Gasteiger partial charge in [-0.3, -0.25) is 14.4 Å². The van der Waals surface area contributed by atoms with Gasteiger partial charge in [-0.15, -0.1) is 5.10 Å². The average molecular weight is 838 g/mol. The van der Waals surface area contributed by atoms with Gasteiger partial charge in [-0.05, 0) is 83.6 Å². The first kappa shape index (κ1) is 43.0. The van der Waals surface area contributed by atoms with Crippen LogP contribution in [0.15, 0.2) is 85.1 Å². The number of esters is 1. The number of nitrogens with one attached hydrogen (secondary N) is 1. The van der Waals surface area contributed by atoms with Gasteiger partial charge in [0.25, 0.3) is 11.9 Å². The van der Waals surface area contributed by atoms with Crippen molar-refractivity contribution >= 4 is 46.8 Å². The van der Waals surface area contributed by atoms with Gasteiger partial charge >= 0.3 is 18.2 Å². The van der Waals surface area contributed by atoms with Crippen molar-refractivity contribution in [1.29, 1.82) is 0 Å². The quantitative estimate of drug-likeness (QED) is 0.0747. The molecule has 3 aromatic carbocycles. The molecule has 0 bridgehead atoms. The van der Waals surface area contributed by atoms with Gasteiger partial charge in [0.15, 0.2) is 12.3 Å². The van der Waals surface area contributed by atoms with E-state index in [9.17, 15) is 41.1 Å². The van der Waals surface area contributed by atoms with Crippen LogP contribution in [0.3, 0.4) is 0 Å². The second-order valence-electron chi connectivity index (χ2n) is 15.0. The number of halogens is 5. The number of likely N-dealkylation sites (tertiary alicyclic amines) is 1. The number of amides is 3. The van der Waals surface area contributed by atoms with E-state index in [0.29, 0.717) is 27.3 Å². The fourth-order valence-corrected chi connectivity index (χ4v) is 5.86. The number of pyridine rings is 1. The predicted octanol–water partition coefficient (Wildman–Crippen LogP) is 7.16. The molecule has 0 spiro atoms. The van der Waals surface area contributed by atoms with Gasteiger partial charge in [0.1, 0.15) is 23.8 Å². The van der Waals surface area contributed by atoms with Crippen LogP contribution in [-0.4, -0.2) is 88.3 Å². The highest BCUT2D eigenvalue weighted by Crippen LogP contribution is 2.37. The SMILES string of the molecule is C[C@@H](C(=O)Nc1ccc(-c2ccn3nc(N(C(=O)OCOC(=O)[C@@H](N)C(C)(C)C)c4ccc(C(=O)N5CC(F)C5)cc4OCC(F)(F)F)nc3c2)cc1)c1ccc(F)cc1. The minimum Gasteiger partial charge on any atom is -0.482 e. The molecule has 0 radical (unpaired) electrons. The summed E-state index contributed by atoms with van der Waals surface area (Å²) in [5.41, 5.74) is 7.31. The maximum Gasteiger partial charge on any atom is 0.424 e. The largest absolute Gasteiger partial charge is 0.482 e. The first-order valence-corrected chi connectivity index (χ1v) is 18.5. The lowest BCUT2D eigenvalue weighted by Gasteiger charge is -2.34. The zero-order valence-corrected chi connectivity index (χ0v) is 32.7. The van der Waals surface area contributed by atoms with E-state index >= 15 is 0 Å². The molecule has 3 heterocycles. The van der Waals surface area contributed by atoms with Crippen molar-refractivity contribution in [2.24, 2.45) is 11.1 Å². The maximum absolute atomic E-state index is 13.8. The van der Waals surface area contributed by atoms with Gasteiger partial charge in [-0.25, -0.2) is 23.0 Å². The molecular formula is C41H40F5N7O7. The molecule has 60 heavy (non-hydrogen) atoms. The Balaban J connectivity index is 1.30. The maximum atomic E-state index is 13.8. The fourth-order valence-electron chi connectivity index (χ4n) is 5.86. The molecule has 3 amide bonds. The highest BCUT2D eigenvalue weighted by atomic mass is 19.4. The van der Waals surface area contributed by atoms with Crippen molar-refractivity contribution in [3.05, 3.63) is 102 Å². The zero-order valence-electron chi connectivity index (χ0n) is 32.7. The molecule has 3 N–H and O–H groups in total. The van der Waals surface area contributed by atoms with Crippen LogP contribution < -0.4 is 20.7 Å². The van der Waals surface area contributed by atoms with Crippen molar-refractivity contribution in [2.75, 3.05) is 36.7 Å². The minimum atomic E-state index is -4.84. The summed E-state index contributed by atoms with van der Waals surface area (Å²) in [6.45, 7) is 3.58. The number of anilines is 3. The molecule has 1 aliphatic heterocycles. The van der Waals surface area contributed by atoms with E-state index < -0.39 is 78.6 Å². The Labute approximate surface area is 340 Å². The average Bonchev–Trinajstić information content (AvgIpc) is 3.61.